The summed E-state index contributed by atoms with van der Waals surface area (Å²) in [4.78, 5) is 15.9. The number of carbonyl (C=O) groups is 1. The average Bonchev–Trinajstić information content (AvgIpc) is 3.22. The molecule has 3 heterocycles. The van der Waals surface area contributed by atoms with Gasteiger partial charge in [0.2, 0.25) is 5.91 Å². The second-order valence-corrected chi connectivity index (χ2v) is 8.51. The average molecular weight is 433 g/mol. The molecule has 5 nitrogen and oxygen atoms in total. The molecule has 0 saturated carbocycles. The zero-order valence-electron chi connectivity index (χ0n) is 14.9. The molecule has 144 valence electrons. The van der Waals surface area contributed by atoms with Gasteiger partial charge in [0.15, 0.2) is 5.82 Å². The van der Waals surface area contributed by atoms with Gasteiger partial charge < -0.3 is 10.2 Å². The summed E-state index contributed by atoms with van der Waals surface area (Å²) < 4.78 is 0. The van der Waals surface area contributed by atoms with E-state index in [2.05, 4.69) is 20.4 Å². The van der Waals surface area contributed by atoms with Crippen molar-refractivity contribution in [3.63, 3.8) is 0 Å². The summed E-state index contributed by atoms with van der Waals surface area (Å²) in [6.07, 6.45) is 1.75. The molecular weight excluding hydrogens is 415 g/mol. The number of anilines is 2. The molecule has 4 rings (SSSR count). The van der Waals surface area contributed by atoms with Crippen molar-refractivity contribution in [3.05, 3.63) is 57.9 Å². The smallest absolute Gasteiger partial charge is 0.229 e. The first-order valence-corrected chi connectivity index (χ1v) is 10.6. The highest BCUT2D eigenvalue weighted by molar-refractivity contribution is 7.13. The molecule has 1 aromatic carbocycles. The third-order valence-electron chi connectivity index (χ3n) is 4.67. The van der Waals surface area contributed by atoms with Gasteiger partial charge in [0.25, 0.3) is 0 Å². The minimum Gasteiger partial charge on any atom is -0.354 e. The van der Waals surface area contributed by atoms with E-state index in [4.69, 9.17) is 23.2 Å². The highest BCUT2D eigenvalue weighted by Crippen LogP contribution is 2.27. The van der Waals surface area contributed by atoms with Crippen LogP contribution in [0.3, 0.4) is 0 Å². The number of carbonyl (C=O) groups excluding carboxylic acids is 1. The maximum Gasteiger partial charge on any atom is 0.229 e. The van der Waals surface area contributed by atoms with E-state index >= 15 is 0 Å². The fourth-order valence-corrected chi connectivity index (χ4v) is 4.54. The number of nitrogens with one attached hydrogen (secondary N) is 1. The molecular formula is C20H18Cl2N4OS. The molecule has 1 saturated heterocycles. The zero-order valence-corrected chi connectivity index (χ0v) is 17.3. The molecule has 1 amide bonds. The third kappa shape index (κ3) is 4.46. The number of rotatable bonds is 4. The normalized spacial score (nSPS) is 16.8. The van der Waals surface area contributed by atoms with Crippen molar-refractivity contribution in [1.82, 2.24) is 10.2 Å². The Morgan fingerprint density at radius 3 is 2.64 bits per heavy atom. The Bertz CT molecular complexity index is 943. The number of hydrogen-bond donors (Lipinski definition) is 1. The summed E-state index contributed by atoms with van der Waals surface area (Å²) in [5.41, 5.74) is 1.47. The number of nitrogens with zero attached hydrogens (tertiary/aromatic N) is 3. The number of thiophene rings is 1. The number of benzene rings is 1. The van der Waals surface area contributed by atoms with Crippen molar-refractivity contribution >= 4 is 52.0 Å². The molecule has 1 atom stereocenters. The second-order valence-electron chi connectivity index (χ2n) is 6.69. The lowest BCUT2D eigenvalue weighted by Crippen LogP contribution is -2.41. The van der Waals surface area contributed by atoms with Crippen molar-refractivity contribution in [1.29, 1.82) is 0 Å². The highest BCUT2D eigenvalue weighted by Gasteiger charge is 2.27. The van der Waals surface area contributed by atoms with Crippen LogP contribution in [0.15, 0.2) is 47.8 Å². The Balaban J connectivity index is 1.43. The predicted octanol–water partition coefficient (Wildman–Crippen LogP) is 5.37. The van der Waals surface area contributed by atoms with Crippen molar-refractivity contribution in [3.8, 4) is 10.6 Å². The lowest BCUT2D eigenvalue weighted by Gasteiger charge is -2.32. The molecule has 0 radical (unpaired) electrons. The second kappa shape index (κ2) is 8.47. The number of amides is 1. The lowest BCUT2D eigenvalue weighted by molar-refractivity contribution is -0.120. The van der Waals surface area contributed by atoms with Crippen LogP contribution in [0.2, 0.25) is 10.0 Å². The molecule has 0 spiro atoms. The molecule has 1 aliphatic heterocycles. The summed E-state index contributed by atoms with van der Waals surface area (Å²) in [6, 6.07) is 13.0. The fourth-order valence-electron chi connectivity index (χ4n) is 3.32. The van der Waals surface area contributed by atoms with Gasteiger partial charge in [-0.2, -0.15) is 0 Å². The van der Waals surface area contributed by atoms with Gasteiger partial charge in [-0.05, 0) is 54.6 Å². The lowest BCUT2D eigenvalue weighted by atomic mass is 9.97. The Hall–Kier alpha value is -2.15. The molecule has 1 unspecified atom stereocenters. The first-order valence-electron chi connectivity index (χ1n) is 8.98. The van der Waals surface area contributed by atoms with Gasteiger partial charge in [0.1, 0.15) is 5.69 Å². The molecule has 1 fully saturated rings. The number of aromatic nitrogens is 2. The highest BCUT2D eigenvalue weighted by atomic mass is 35.5. The van der Waals surface area contributed by atoms with Crippen LogP contribution in [0.25, 0.3) is 10.6 Å². The van der Waals surface area contributed by atoms with Gasteiger partial charge >= 0.3 is 0 Å². The van der Waals surface area contributed by atoms with Crippen molar-refractivity contribution in [2.45, 2.75) is 12.8 Å². The molecule has 28 heavy (non-hydrogen) atoms. The Kier molecular flexibility index (Phi) is 5.80. The van der Waals surface area contributed by atoms with E-state index in [9.17, 15) is 4.79 Å². The molecule has 2 aromatic heterocycles. The Morgan fingerprint density at radius 1 is 1.14 bits per heavy atom. The van der Waals surface area contributed by atoms with Crippen molar-refractivity contribution in [2.24, 2.45) is 5.92 Å². The minimum atomic E-state index is -0.134. The topological polar surface area (TPSA) is 58.1 Å². The first kappa shape index (κ1) is 19.2. The van der Waals surface area contributed by atoms with Gasteiger partial charge in [-0.1, -0.05) is 29.3 Å². The quantitative estimate of drug-likeness (QED) is 0.601. The molecule has 0 bridgehead atoms. The molecule has 0 aliphatic carbocycles. The third-order valence-corrected chi connectivity index (χ3v) is 6.00. The SMILES string of the molecule is O=C(Nc1cc(Cl)cc(Cl)c1)C1CCCN(c2ccc(-c3cccs3)nn2)C1. The Labute approximate surface area is 177 Å². The molecule has 3 aromatic rings. The largest absolute Gasteiger partial charge is 0.354 e. The summed E-state index contributed by atoms with van der Waals surface area (Å²) in [5, 5.41) is 14.7. The predicted molar refractivity (Wildman–Crippen MR) is 115 cm³/mol. The van der Waals surface area contributed by atoms with Crippen LogP contribution < -0.4 is 10.2 Å². The van der Waals surface area contributed by atoms with Gasteiger partial charge in [0.05, 0.1) is 10.8 Å². The zero-order chi connectivity index (χ0) is 19.5. The summed E-state index contributed by atoms with van der Waals surface area (Å²) >= 11 is 13.7. The van der Waals surface area contributed by atoms with E-state index in [1.807, 2.05) is 29.6 Å². The van der Waals surface area contributed by atoms with Crippen molar-refractivity contribution < 1.29 is 4.79 Å². The van der Waals surface area contributed by atoms with E-state index < -0.39 is 0 Å². The van der Waals surface area contributed by atoms with Gasteiger partial charge in [-0.25, -0.2) is 0 Å². The van der Waals surface area contributed by atoms with E-state index in [0.29, 0.717) is 22.3 Å². The first-order chi connectivity index (χ1) is 13.6. The standard InChI is InChI=1S/C20H18Cl2N4OS/c21-14-9-15(22)11-16(10-14)23-20(27)13-3-1-7-26(12-13)19-6-5-17(24-25-19)18-4-2-8-28-18/h2,4-6,8-11,13H,1,3,7,12H2,(H,23,27). The minimum absolute atomic E-state index is 0.0359. The van der Waals surface area contributed by atoms with Gasteiger partial charge in [-0.15, -0.1) is 21.5 Å². The molecule has 8 heteroatoms. The van der Waals surface area contributed by atoms with Crippen molar-refractivity contribution in [2.75, 3.05) is 23.3 Å². The van der Waals surface area contributed by atoms with Crippen LogP contribution in [-0.4, -0.2) is 29.2 Å². The van der Waals surface area contributed by atoms with E-state index in [0.717, 1.165) is 35.8 Å². The monoisotopic (exact) mass is 432 g/mol. The maximum atomic E-state index is 12.7. The molecule has 1 aliphatic rings. The van der Waals surface area contributed by atoms with Gasteiger partial charge in [0, 0.05) is 28.8 Å². The maximum absolute atomic E-state index is 12.7. The summed E-state index contributed by atoms with van der Waals surface area (Å²) in [5.74, 6) is 0.625. The van der Waals surface area contributed by atoms with Crippen LogP contribution in [0.4, 0.5) is 11.5 Å². The van der Waals surface area contributed by atoms with E-state index in [1.54, 1.807) is 29.5 Å². The van der Waals surface area contributed by atoms with Gasteiger partial charge in [-0.3, -0.25) is 4.79 Å². The van der Waals surface area contributed by atoms with Crippen LogP contribution in [0.1, 0.15) is 12.8 Å². The van der Waals surface area contributed by atoms with Crippen LogP contribution in [0, 0.1) is 5.92 Å². The fraction of sp³-hybridized carbons (Fsp3) is 0.250. The molecule has 1 N–H and O–H groups in total. The summed E-state index contributed by atoms with van der Waals surface area (Å²) in [6.45, 7) is 1.47. The number of halogens is 2. The van der Waals surface area contributed by atoms with E-state index in [-0.39, 0.29) is 11.8 Å². The Morgan fingerprint density at radius 2 is 1.96 bits per heavy atom. The van der Waals surface area contributed by atoms with Crippen LogP contribution in [-0.2, 0) is 4.79 Å². The van der Waals surface area contributed by atoms with Crippen LogP contribution >= 0.6 is 34.5 Å². The number of piperidine rings is 1. The number of hydrogen-bond acceptors (Lipinski definition) is 5. The summed E-state index contributed by atoms with van der Waals surface area (Å²) in [7, 11) is 0. The van der Waals surface area contributed by atoms with Crippen LogP contribution in [0.5, 0.6) is 0 Å². The van der Waals surface area contributed by atoms with E-state index in [1.165, 1.54) is 0 Å².